The molecule has 0 saturated carbocycles. The van der Waals surface area contributed by atoms with Crippen LogP contribution in [0.5, 0.6) is 0 Å². The Morgan fingerprint density at radius 3 is 2.68 bits per heavy atom. The first kappa shape index (κ1) is 14.4. The number of aromatic nitrogens is 1. The van der Waals surface area contributed by atoms with Crippen LogP contribution in [0.1, 0.15) is 57.0 Å². The quantitative estimate of drug-likeness (QED) is 0.869. The third-order valence-corrected chi connectivity index (χ3v) is 3.88. The van der Waals surface area contributed by atoms with E-state index in [4.69, 9.17) is 5.73 Å². The molecule has 1 heterocycles. The summed E-state index contributed by atoms with van der Waals surface area (Å²) in [6.45, 7) is 5.84. The van der Waals surface area contributed by atoms with E-state index in [-0.39, 0.29) is 11.5 Å². The molecule has 108 valence electrons. The zero-order valence-electron chi connectivity index (χ0n) is 11.6. The minimum Gasteiger partial charge on any atom is -0.348 e. The van der Waals surface area contributed by atoms with E-state index in [1.165, 1.54) is 0 Å². The third kappa shape index (κ3) is 3.14. The Bertz CT molecular complexity index is 460. The number of halogens is 3. The summed E-state index contributed by atoms with van der Waals surface area (Å²) < 4.78 is 39.3. The number of rotatable bonds is 2. The summed E-state index contributed by atoms with van der Waals surface area (Å²) in [6, 6.07) is 1.23. The average molecular weight is 274 g/mol. The second kappa shape index (κ2) is 4.54. The first-order valence-electron chi connectivity index (χ1n) is 6.61. The van der Waals surface area contributed by atoms with E-state index < -0.39 is 18.6 Å². The molecule has 5 heteroatoms. The van der Waals surface area contributed by atoms with Gasteiger partial charge in [-0.3, -0.25) is 0 Å². The summed E-state index contributed by atoms with van der Waals surface area (Å²) >= 11 is 0. The average Bonchev–Trinajstić information content (AvgIpc) is 2.56. The minimum absolute atomic E-state index is 0.0421. The van der Waals surface area contributed by atoms with E-state index in [2.05, 4.69) is 13.8 Å². The van der Waals surface area contributed by atoms with E-state index in [9.17, 15) is 13.2 Å². The summed E-state index contributed by atoms with van der Waals surface area (Å²) in [4.78, 5) is 0. The molecule has 0 saturated heterocycles. The standard InChI is InChI=1S/C14H21F3N2/c1-9(6-14(15,16)17)19-5-4-10-11(18)7-13(2,3)8-12(10)19/h4-5,9,11H,6-8,18H2,1-3H3. The monoisotopic (exact) mass is 274 g/mol. The van der Waals surface area contributed by atoms with Crippen LogP contribution in [0.25, 0.3) is 0 Å². The first-order chi connectivity index (χ1) is 8.59. The highest BCUT2D eigenvalue weighted by Crippen LogP contribution is 2.41. The van der Waals surface area contributed by atoms with Crippen LogP contribution in [0.2, 0.25) is 0 Å². The molecule has 2 rings (SSSR count). The van der Waals surface area contributed by atoms with Gasteiger partial charge in [-0.1, -0.05) is 13.8 Å². The van der Waals surface area contributed by atoms with Crippen molar-refractivity contribution in [3.8, 4) is 0 Å². The van der Waals surface area contributed by atoms with E-state index >= 15 is 0 Å². The van der Waals surface area contributed by atoms with E-state index in [1.807, 2.05) is 6.07 Å². The highest BCUT2D eigenvalue weighted by Gasteiger charge is 2.35. The molecule has 1 aliphatic carbocycles. The van der Waals surface area contributed by atoms with Crippen LogP contribution in [-0.4, -0.2) is 10.7 Å². The van der Waals surface area contributed by atoms with Gasteiger partial charge in [-0.2, -0.15) is 13.2 Å². The van der Waals surface area contributed by atoms with Crippen molar-refractivity contribution >= 4 is 0 Å². The molecule has 0 fully saturated rings. The molecular formula is C14H21F3N2. The van der Waals surface area contributed by atoms with Gasteiger partial charge in [-0.15, -0.1) is 0 Å². The van der Waals surface area contributed by atoms with Crippen LogP contribution in [0.4, 0.5) is 13.2 Å². The number of nitrogens with two attached hydrogens (primary N) is 1. The predicted octanol–water partition coefficient (Wildman–Crippen LogP) is 3.97. The maximum atomic E-state index is 12.5. The summed E-state index contributed by atoms with van der Waals surface area (Å²) in [5, 5.41) is 0. The van der Waals surface area contributed by atoms with Crippen molar-refractivity contribution in [2.75, 3.05) is 0 Å². The van der Waals surface area contributed by atoms with Crippen molar-refractivity contribution in [1.82, 2.24) is 4.57 Å². The van der Waals surface area contributed by atoms with Crippen molar-refractivity contribution in [2.24, 2.45) is 11.1 Å². The molecule has 1 aliphatic rings. The fourth-order valence-corrected chi connectivity index (χ4v) is 3.10. The van der Waals surface area contributed by atoms with E-state index in [1.54, 1.807) is 17.7 Å². The van der Waals surface area contributed by atoms with Gasteiger partial charge in [-0.05, 0) is 36.8 Å². The molecule has 0 aliphatic heterocycles. The molecule has 0 spiro atoms. The normalized spacial score (nSPS) is 24.1. The van der Waals surface area contributed by atoms with Gasteiger partial charge in [0.2, 0.25) is 0 Å². The van der Waals surface area contributed by atoms with Gasteiger partial charge in [0.15, 0.2) is 0 Å². The van der Waals surface area contributed by atoms with E-state index in [0.29, 0.717) is 0 Å². The SMILES string of the molecule is CC(CC(F)(F)F)n1ccc2c1CC(C)(C)CC2N. The van der Waals surface area contributed by atoms with E-state index in [0.717, 1.165) is 24.1 Å². The highest BCUT2D eigenvalue weighted by molar-refractivity contribution is 5.30. The summed E-state index contributed by atoms with van der Waals surface area (Å²) in [5.41, 5.74) is 8.15. The van der Waals surface area contributed by atoms with Crippen molar-refractivity contribution < 1.29 is 13.2 Å². The van der Waals surface area contributed by atoms with Gasteiger partial charge >= 0.3 is 6.18 Å². The Balaban J connectivity index is 2.30. The molecule has 2 nitrogen and oxygen atoms in total. The molecule has 0 bridgehead atoms. The van der Waals surface area contributed by atoms with Gasteiger partial charge in [0.1, 0.15) is 0 Å². The van der Waals surface area contributed by atoms with Gasteiger partial charge in [-0.25, -0.2) is 0 Å². The second-order valence-corrected chi connectivity index (χ2v) is 6.44. The van der Waals surface area contributed by atoms with Gasteiger partial charge in [0, 0.05) is 24.0 Å². The lowest BCUT2D eigenvalue weighted by Crippen LogP contribution is -2.31. The van der Waals surface area contributed by atoms with Crippen molar-refractivity contribution in [3.05, 3.63) is 23.5 Å². The fraction of sp³-hybridized carbons (Fsp3) is 0.714. The van der Waals surface area contributed by atoms with Crippen molar-refractivity contribution in [2.45, 2.75) is 58.3 Å². The molecule has 19 heavy (non-hydrogen) atoms. The summed E-state index contributed by atoms with van der Waals surface area (Å²) in [7, 11) is 0. The number of fused-ring (bicyclic) bond motifs is 1. The number of hydrogen-bond acceptors (Lipinski definition) is 1. The molecular weight excluding hydrogens is 253 g/mol. The number of nitrogens with zero attached hydrogens (tertiary/aromatic N) is 1. The maximum absolute atomic E-state index is 12.5. The van der Waals surface area contributed by atoms with Crippen LogP contribution in [-0.2, 0) is 6.42 Å². The van der Waals surface area contributed by atoms with Crippen LogP contribution in [0.15, 0.2) is 12.3 Å². The molecule has 0 radical (unpaired) electrons. The largest absolute Gasteiger partial charge is 0.391 e. The lowest BCUT2D eigenvalue weighted by Gasteiger charge is -2.35. The smallest absolute Gasteiger partial charge is 0.348 e. The highest BCUT2D eigenvalue weighted by atomic mass is 19.4. The number of hydrogen-bond donors (Lipinski definition) is 1. The molecule has 2 unspecified atom stereocenters. The summed E-state index contributed by atoms with van der Waals surface area (Å²) in [5.74, 6) is 0. The molecule has 1 aromatic heterocycles. The Labute approximate surface area is 111 Å². The molecule has 2 atom stereocenters. The first-order valence-corrected chi connectivity index (χ1v) is 6.61. The summed E-state index contributed by atoms with van der Waals surface area (Å²) in [6.07, 6.45) is -1.53. The third-order valence-electron chi connectivity index (χ3n) is 3.88. The minimum atomic E-state index is -4.14. The Kier molecular flexibility index (Phi) is 3.45. The second-order valence-electron chi connectivity index (χ2n) is 6.44. The van der Waals surface area contributed by atoms with Crippen molar-refractivity contribution in [3.63, 3.8) is 0 Å². The van der Waals surface area contributed by atoms with Gasteiger partial charge in [0.25, 0.3) is 0 Å². The molecule has 0 aromatic carbocycles. The molecule has 2 N–H and O–H groups in total. The van der Waals surface area contributed by atoms with Crippen LogP contribution >= 0.6 is 0 Å². The zero-order valence-corrected chi connectivity index (χ0v) is 11.6. The van der Waals surface area contributed by atoms with Crippen molar-refractivity contribution in [1.29, 1.82) is 0 Å². The van der Waals surface area contributed by atoms with Crippen LogP contribution in [0, 0.1) is 5.41 Å². The molecule has 0 amide bonds. The van der Waals surface area contributed by atoms with Crippen LogP contribution < -0.4 is 5.73 Å². The maximum Gasteiger partial charge on any atom is 0.391 e. The Hall–Kier alpha value is -0.970. The van der Waals surface area contributed by atoms with Gasteiger partial charge < -0.3 is 10.3 Å². The fourth-order valence-electron chi connectivity index (χ4n) is 3.10. The Morgan fingerprint density at radius 2 is 2.11 bits per heavy atom. The predicted molar refractivity (Wildman–Crippen MR) is 68.8 cm³/mol. The number of alkyl halides is 3. The van der Waals surface area contributed by atoms with Crippen LogP contribution in [0.3, 0.4) is 0 Å². The zero-order chi connectivity index (χ0) is 14.4. The molecule has 1 aromatic rings. The van der Waals surface area contributed by atoms with Gasteiger partial charge in [0.05, 0.1) is 6.42 Å². The lowest BCUT2D eigenvalue weighted by atomic mass is 9.74. The Morgan fingerprint density at radius 1 is 1.47 bits per heavy atom. The topological polar surface area (TPSA) is 30.9 Å². The lowest BCUT2D eigenvalue weighted by molar-refractivity contribution is -0.141.